The molecule has 262 valence electrons. The van der Waals surface area contributed by atoms with Crippen LogP contribution in [0.3, 0.4) is 0 Å². The van der Waals surface area contributed by atoms with Crippen LogP contribution in [0.5, 0.6) is 0 Å². The first-order valence-electron chi connectivity index (χ1n) is 19.4. The molecule has 0 saturated carbocycles. The molecule has 4 heteroatoms. The molecule has 2 atom stereocenters. The van der Waals surface area contributed by atoms with Gasteiger partial charge in [0.15, 0.2) is 0 Å². The van der Waals surface area contributed by atoms with Gasteiger partial charge < -0.3 is 9.47 Å². The number of hydrogen-bond donors (Lipinski definition) is 0. The molecule has 0 aromatic carbocycles. The highest BCUT2D eigenvalue weighted by Crippen LogP contribution is 2.33. The molecule has 0 fully saturated rings. The number of ether oxygens (including phenoxy) is 2. The molecule has 0 aliphatic heterocycles. The maximum Gasteiger partial charge on any atom is 0.309 e. The van der Waals surface area contributed by atoms with Crippen LogP contribution >= 0.6 is 0 Å². The number of hydrogen-bond acceptors (Lipinski definition) is 4. The third-order valence-electron chi connectivity index (χ3n) is 9.34. The van der Waals surface area contributed by atoms with Crippen molar-refractivity contribution in [2.75, 3.05) is 13.2 Å². The van der Waals surface area contributed by atoms with Crippen LogP contribution in [0.1, 0.15) is 197 Å². The minimum Gasteiger partial charge on any atom is -0.466 e. The molecule has 0 amide bonds. The second-order valence-corrected chi connectivity index (χ2v) is 15.3. The molecular formula is C40H78O4. The van der Waals surface area contributed by atoms with Crippen molar-refractivity contribution in [3.05, 3.63) is 0 Å². The molecule has 0 bridgehead atoms. The molecular weight excluding hydrogens is 544 g/mol. The molecule has 0 saturated heterocycles. The van der Waals surface area contributed by atoms with Gasteiger partial charge in [0.2, 0.25) is 0 Å². The Bertz CT molecular complexity index is 654. The lowest BCUT2D eigenvalue weighted by molar-refractivity contribution is -0.153. The second-order valence-electron chi connectivity index (χ2n) is 15.3. The Morgan fingerprint density at radius 2 is 0.818 bits per heavy atom. The lowest BCUT2D eigenvalue weighted by atomic mass is 9.74. The van der Waals surface area contributed by atoms with Crippen molar-refractivity contribution in [2.45, 2.75) is 197 Å². The predicted octanol–water partition coefficient (Wildman–Crippen LogP) is 12.5. The van der Waals surface area contributed by atoms with Gasteiger partial charge in [-0.1, -0.05) is 152 Å². The van der Waals surface area contributed by atoms with Gasteiger partial charge in [-0.05, 0) is 68.1 Å². The zero-order chi connectivity index (χ0) is 33.0. The molecule has 0 aromatic rings. The maximum atomic E-state index is 13.0. The Hall–Kier alpha value is -1.06. The summed E-state index contributed by atoms with van der Waals surface area (Å²) in [5, 5.41) is 0. The Labute approximate surface area is 276 Å². The molecule has 0 spiro atoms. The number of unbranched alkanes of at least 4 members (excludes halogenated alkanes) is 15. The lowest BCUT2D eigenvalue weighted by Crippen LogP contribution is -2.33. The van der Waals surface area contributed by atoms with E-state index in [-0.39, 0.29) is 17.9 Å². The van der Waals surface area contributed by atoms with Gasteiger partial charge in [0.05, 0.1) is 19.1 Å². The minimum absolute atomic E-state index is 0.00534. The van der Waals surface area contributed by atoms with E-state index in [0.29, 0.717) is 37.4 Å². The molecule has 0 N–H and O–H groups in total. The molecule has 0 aromatic heterocycles. The summed E-state index contributed by atoms with van der Waals surface area (Å²) in [4.78, 5) is 24.8. The zero-order valence-electron chi connectivity index (χ0n) is 31.1. The van der Waals surface area contributed by atoms with Crippen molar-refractivity contribution in [3.8, 4) is 0 Å². The molecule has 4 nitrogen and oxygen atoms in total. The smallest absolute Gasteiger partial charge is 0.309 e. The van der Waals surface area contributed by atoms with Crippen LogP contribution in [0.25, 0.3) is 0 Å². The van der Waals surface area contributed by atoms with Crippen LogP contribution in [0.2, 0.25) is 0 Å². The first-order valence-corrected chi connectivity index (χ1v) is 19.4. The molecule has 0 rings (SSSR count). The molecule has 0 aliphatic carbocycles. The summed E-state index contributed by atoms with van der Waals surface area (Å²) >= 11 is 0. The fraction of sp³-hybridized carbons (Fsp3) is 0.950. The Balaban J connectivity index is 3.77. The normalized spacial score (nSPS) is 13.3. The van der Waals surface area contributed by atoms with E-state index in [9.17, 15) is 9.59 Å². The van der Waals surface area contributed by atoms with Crippen LogP contribution in [0, 0.1) is 35.5 Å². The lowest BCUT2D eigenvalue weighted by Gasteiger charge is -2.31. The molecule has 2 unspecified atom stereocenters. The summed E-state index contributed by atoms with van der Waals surface area (Å²) in [6.07, 6.45) is 26.5. The maximum absolute atomic E-state index is 13.0. The van der Waals surface area contributed by atoms with E-state index in [2.05, 4.69) is 55.4 Å². The van der Waals surface area contributed by atoms with Crippen LogP contribution in [-0.2, 0) is 19.1 Å². The van der Waals surface area contributed by atoms with E-state index in [0.717, 1.165) is 56.8 Å². The molecule has 0 radical (unpaired) electrons. The van der Waals surface area contributed by atoms with Gasteiger partial charge in [-0.2, -0.15) is 0 Å². The largest absolute Gasteiger partial charge is 0.466 e. The van der Waals surface area contributed by atoms with Crippen molar-refractivity contribution >= 4 is 11.9 Å². The number of carbonyl (C=O) groups excluding carboxylic acids is 2. The van der Waals surface area contributed by atoms with Crippen molar-refractivity contribution in [2.24, 2.45) is 35.5 Å². The number of esters is 2. The average molecular weight is 623 g/mol. The highest BCUT2D eigenvalue weighted by molar-refractivity contribution is 5.73. The van der Waals surface area contributed by atoms with Gasteiger partial charge in [-0.15, -0.1) is 0 Å². The van der Waals surface area contributed by atoms with Crippen molar-refractivity contribution in [1.29, 1.82) is 0 Å². The van der Waals surface area contributed by atoms with Gasteiger partial charge >= 0.3 is 11.9 Å². The average Bonchev–Trinajstić information content (AvgIpc) is 2.95. The van der Waals surface area contributed by atoms with Gasteiger partial charge in [0, 0.05) is 6.42 Å². The fourth-order valence-electron chi connectivity index (χ4n) is 6.48. The van der Waals surface area contributed by atoms with E-state index >= 15 is 0 Å². The molecule has 44 heavy (non-hydrogen) atoms. The zero-order valence-corrected chi connectivity index (χ0v) is 31.1. The third-order valence-corrected chi connectivity index (χ3v) is 9.34. The Morgan fingerprint density at radius 1 is 0.432 bits per heavy atom. The van der Waals surface area contributed by atoms with Gasteiger partial charge in [-0.3, -0.25) is 9.59 Å². The highest BCUT2D eigenvalue weighted by Gasteiger charge is 2.33. The van der Waals surface area contributed by atoms with Crippen molar-refractivity contribution in [1.82, 2.24) is 0 Å². The topological polar surface area (TPSA) is 52.6 Å². The Morgan fingerprint density at radius 3 is 1.23 bits per heavy atom. The standard InChI is InChI=1S/C40H78O4/c1-33(2)27-23-25-31-43-38(41)30-22-20-18-16-14-12-10-9-11-13-15-17-19-21-29-37(35(5)6)39(36(7)8)40(42)44-32-26-24-28-34(3)4/h33-37,39H,9-32H2,1-8H3. The summed E-state index contributed by atoms with van der Waals surface area (Å²) in [6.45, 7) is 19.1. The summed E-state index contributed by atoms with van der Waals surface area (Å²) < 4.78 is 11.1. The fourth-order valence-corrected chi connectivity index (χ4v) is 6.48. The van der Waals surface area contributed by atoms with Crippen LogP contribution in [-0.4, -0.2) is 25.2 Å². The van der Waals surface area contributed by atoms with Gasteiger partial charge in [0.1, 0.15) is 0 Å². The van der Waals surface area contributed by atoms with Crippen molar-refractivity contribution < 1.29 is 19.1 Å². The van der Waals surface area contributed by atoms with E-state index in [1.165, 1.54) is 89.9 Å². The first kappa shape index (κ1) is 42.9. The summed E-state index contributed by atoms with van der Waals surface area (Å²) in [6, 6.07) is 0. The van der Waals surface area contributed by atoms with E-state index in [4.69, 9.17) is 9.47 Å². The number of carbonyl (C=O) groups is 2. The van der Waals surface area contributed by atoms with Crippen LogP contribution in [0.4, 0.5) is 0 Å². The van der Waals surface area contributed by atoms with Gasteiger partial charge in [-0.25, -0.2) is 0 Å². The number of rotatable bonds is 31. The summed E-state index contributed by atoms with van der Waals surface area (Å²) in [5.74, 6) is 2.78. The predicted molar refractivity (Wildman–Crippen MR) is 190 cm³/mol. The van der Waals surface area contributed by atoms with E-state index < -0.39 is 0 Å². The van der Waals surface area contributed by atoms with Gasteiger partial charge in [0.25, 0.3) is 0 Å². The van der Waals surface area contributed by atoms with Crippen LogP contribution < -0.4 is 0 Å². The van der Waals surface area contributed by atoms with E-state index in [1.807, 2.05) is 0 Å². The minimum atomic E-state index is -0.00534. The monoisotopic (exact) mass is 623 g/mol. The van der Waals surface area contributed by atoms with Crippen molar-refractivity contribution in [3.63, 3.8) is 0 Å². The quantitative estimate of drug-likeness (QED) is 0.0570. The SMILES string of the molecule is CC(C)CCCCOC(=O)CCCCCCCCCCCCCCCCC(C(C)C)C(C(=O)OCCCCC(C)C)C(C)C. The Kier molecular flexibility index (Phi) is 28.6. The third kappa shape index (κ3) is 26.2. The second kappa shape index (κ2) is 29.3. The van der Waals surface area contributed by atoms with Crippen LogP contribution in [0.15, 0.2) is 0 Å². The molecule has 0 heterocycles. The highest BCUT2D eigenvalue weighted by atomic mass is 16.5. The summed E-state index contributed by atoms with van der Waals surface area (Å²) in [7, 11) is 0. The molecule has 0 aliphatic rings. The summed E-state index contributed by atoms with van der Waals surface area (Å²) in [5.41, 5.74) is 0. The first-order chi connectivity index (χ1) is 21.1. The van der Waals surface area contributed by atoms with E-state index in [1.54, 1.807) is 0 Å².